The third kappa shape index (κ3) is 2.40. The molecule has 3 aromatic carbocycles. The van der Waals surface area contributed by atoms with E-state index in [0.717, 1.165) is 22.8 Å². The molecule has 0 radical (unpaired) electrons. The van der Waals surface area contributed by atoms with Crippen molar-refractivity contribution in [3.8, 4) is 11.1 Å². The molecule has 0 saturated heterocycles. The van der Waals surface area contributed by atoms with E-state index in [1.54, 1.807) is 12.1 Å². The Morgan fingerprint density at radius 3 is 2.48 bits per heavy atom. The quantitative estimate of drug-likeness (QED) is 0.748. The zero-order valence-electron chi connectivity index (χ0n) is 11.8. The Morgan fingerprint density at radius 1 is 0.952 bits per heavy atom. The van der Waals surface area contributed by atoms with Crippen molar-refractivity contribution in [1.82, 2.24) is 0 Å². The molecule has 0 aliphatic rings. The molecule has 0 unspecified atom stereocenters. The van der Waals surface area contributed by atoms with Crippen molar-refractivity contribution < 1.29 is 9.90 Å². The Kier molecular flexibility index (Phi) is 3.44. The summed E-state index contributed by atoms with van der Waals surface area (Å²) >= 11 is 0. The van der Waals surface area contributed by atoms with Gasteiger partial charge >= 0.3 is 5.97 Å². The van der Waals surface area contributed by atoms with Gasteiger partial charge < -0.3 is 5.11 Å². The Morgan fingerprint density at radius 2 is 1.71 bits per heavy atom. The summed E-state index contributed by atoms with van der Waals surface area (Å²) in [6, 6.07) is 19.7. The van der Waals surface area contributed by atoms with Gasteiger partial charge in [0.15, 0.2) is 0 Å². The Hall–Kier alpha value is -2.61. The zero-order chi connectivity index (χ0) is 14.8. The van der Waals surface area contributed by atoms with Crippen LogP contribution >= 0.6 is 0 Å². The number of carboxylic acids is 1. The first kappa shape index (κ1) is 13.4. The minimum Gasteiger partial charge on any atom is -0.478 e. The summed E-state index contributed by atoms with van der Waals surface area (Å²) in [6.07, 6.45) is 0.972. The molecule has 0 aliphatic carbocycles. The highest BCUT2D eigenvalue weighted by Crippen LogP contribution is 2.31. The molecular weight excluding hydrogens is 260 g/mol. The van der Waals surface area contributed by atoms with E-state index in [0.29, 0.717) is 5.56 Å². The highest BCUT2D eigenvalue weighted by atomic mass is 16.4. The zero-order valence-corrected chi connectivity index (χ0v) is 11.8. The van der Waals surface area contributed by atoms with Crippen molar-refractivity contribution >= 4 is 16.7 Å². The lowest BCUT2D eigenvalue weighted by Crippen LogP contribution is -1.96. The third-order valence-electron chi connectivity index (χ3n) is 3.82. The van der Waals surface area contributed by atoms with Gasteiger partial charge in [0.05, 0.1) is 5.56 Å². The monoisotopic (exact) mass is 276 g/mol. The molecule has 2 nitrogen and oxygen atoms in total. The number of hydrogen-bond acceptors (Lipinski definition) is 1. The van der Waals surface area contributed by atoms with Crippen LogP contribution in [0.5, 0.6) is 0 Å². The smallest absolute Gasteiger partial charge is 0.335 e. The van der Waals surface area contributed by atoms with E-state index in [9.17, 15) is 4.79 Å². The minimum absolute atomic E-state index is 0.323. The molecule has 0 aliphatic heterocycles. The standard InChI is InChI=1S/C19H16O2/c1-2-13-6-3-4-8-16(13)18-9-5-7-14-12-15(19(20)21)10-11-17(14)18/h3-12H,2H2,1H3,(H,20,21). The van der Waals surface area contributed by atoms with Gasteiger partial charge in [-0.1, -0.05) is 55.5 Å². The molecule has 104 valence electrons. The van der Waals surface area contributed by atoms with Crippen LogP contribution in [0.4, 0.5) is 0 Å². The van der Waals surface area contributed by atoms with E-state index in [1.807, 2.05) is 24.3 Å². The van der Waals surface area contributed by atoms with Gasteiger partial charge in [0, 0.05) is 0 Å². The van der Waals surface area contributed by atoms with Crippen LogP contribution in [0, 0.1) is 0 Å². The molecule has 0 spiro atoms. The first-order valence-corrected chi connectivity index (χ1v) is 7.05. The van der Waals surface area contributed by atoms with Crippen LogP contribution in [0.2, 0.25) is 0 Å². The van der Waals surface area contributed by atoms with Crippen LogP contribution in [0.15, 0.2) is 60.7 Å². The Balaban J connectivity index is 2.26. The van der Waals surface area contributed by atoms with E-state index >= 15 is 0 Å². The number of aromatic carboxylic acids is 1. The number of fused-ring (bicyclic) bond motifs is 1. The molecular formula is C19H16O2. The highest BCUT2D eigenvalue weighted by Gasteiger charge is 2.09. The summed E-state index contributed by atoms with van der Waals surface area (Å²) in [6.45, 7) is 2.15. The number of carboxylic acid groups (broad SMARTS) is 1. The molecule has 3 rings (SSSR count). The highest BCUT2D eigenvalue weighted by molar-refractivity contribution is 6.01. The van der Waals surface area contributed by atoms with Gasteiger partial charge in [-0.25, -0.2) is 4.79 Å². The van der Waals surface area contributed by atoms with Crippen molar-refractivity contribution in [2.24, 2.45) is 0 Å². The lowest BCUT2D eigenvalue weighted by Gasteiger charge is -2.11. The topological polar surface area (TPSA) is 37.3 Å². The van der Waals surface area contributed by atoms with Crippen molar-refractivity contribution in [2.75, 3.05) is 0 Å². The summed E-state index contributed by atoms with van der Waals surface area (Å²) in [5.41, 5.74) is 3.99. The SMILES string of the molecule is CCc1ccccc1-c1cccc2cc(C(=O)O)ccc12. The maximum atomic E-state index is 11.1. The van der Waals surface area contributed by atoms with Crippen LogP contribution in [0.1, 0.15) is 22.8 Å². The van der Waals surface area contributed by atoms with E-state index in [-0.39, 0.29) is 0 Å². The van der Waals surface area contributed by atoms with Gasteiger partial charge in [0.2, 0.25) is 0 Å². The van der Waals surface area contributed by atoms with Crippen LogP contribution in [0.25, 0.3) is 21.9 Å². The van der Waals surface area contributed by atoms with E-state index in [4.69, 9.17) is 5.11 Å². The first-order chi connectivity index (χ1) is 10.2. The van der Waals surface area contributed by atoms with Gasteiger partial charge in [0.1, 0.15) is 0 Å². The minimum atomic E-state index is -0.892. The van der Waals surface area contributed by atoms with Crippen molar-refractivity contribution in [1.29, 1.82) is 0 Å². The molecule has 0 aromatic heterocycles. The second kappa shape index (κ2) is 5.41. The van der Waals surface area contributed by atoms with Crippen molar-refractivity contribution in [3.05, 3.63) is 71.8 Å². The Bertz CT molecular complexity index is 819. The molecule has 21 heavy (non-hydrogen) atoms. The molecule has 0 fully saturated rings. The maximum Gasteiger partial charge on any atom is 0.335 e. The summed E-state index contributed by atoms with van der Waals surface area (Å²) in [7, 11) is 0. The van der Waals surface area contributed by atoms with Crippen LogP contribution < -0.4 is 0 Å². The molecule has 0 heterocycles. The predicted molar refractivity (Wildman–Crippen MR) is 85.7 cm³/mol. The number of carbonyl (C=O) groups is 1. The molecule has 0 atom stereocenters. The summed E-state index contributed by atoms with van der Waals surface area (Å²) in [4.78, 5) is 11.1. The normalized spacial score (nSPS) is 10.7. The predicted octanol–water partition coefficient (Wildman–Crippen LogP) is 4.77. The summed E-state index contributed by atoms with van der Waals surface area (Å²) in [5.74, 6) is -0.892. The molecule has 0 amide bonds. The average molecular weight is 276 g/mol. The summed E-state index contributed by atoms with van der Waals surface area (Å²) < 4.78 is 0. The van der Waals surface area contributed by atoms with E-state index in [1.165, 1.54) is 11.1 Å². The number of rotatable bonds is 3. The second-order valence-electron chi connectivity index (χ2n) is 5.06. The second-order valence-corrected chi connectivity index (χ2v) is 5.06. The average Bonchev–Trinajstić information content (AvgIpc) is 2.53. The van der Waals surface area contributed by atoms with E-state index in [2.05, 4.69) is 31.2 Å². The number of hydrogen-bond donors (Lipinski definition) is 1. The van der Waals surface area contributed by atoms with Gasteiger partial charge in [-0.2, -0.15) is 0 Å². The van der Waals surface area contributed by atoms with Gasteiger partial charge in [-0.15, -0.1) is 0 Å². The lowest BCUT2D eigenvalue weighted by atomic mass is 9.93. The van der Waals surface area contributed by atoms with Crippen molar-refractivity contribution in [3.63, 3.8) is 0 Å². The first-order valence-electron chi connectivity index (χ1n) is 7.05. The van der Waals surface area contributed by atoms with Crippen molar-refractivity contribution in [2.45, 2.75) is 13.3 Å². The van der Waals surface area contributed by atoms with Crippen LogP contribution in [0.3, 0.4) is 0 Å². The number of aryl methyl sites for hydroxylation is 1. The fourth-order valence-corrected chi connectivity index (χ4v) is 2.74. The fraction of sp³-hybridized carbons (Fsp3) is 0.105. The summed E-state index contributed by atoms with van der Waals surface area (Å²) in [5, 5.41) is 11.2. The third-order valence-corrected chi connectivity index (χ3v) is 3.82. The molecule has 2 heteroatoms. The van der Waals surface area contributed by atoms with Gasteiger partial charge in [0.25, 0.3) is 0 Å². The maximum absolute atomic E-state index is 11.1. The fourth-order valence-electron chi connectivity index (χ4n) is 2.74. The van der Waals surface area contributed by atoms with Crippen LogP contribution in [-0.2, 0) is 6.42 Å². The molecule has 0 bridgehead atoms. The van der Waals surface area contributed by atoms with Crippen LogP contribution in [-0.4, -0.2) is 11.1 Å². The van der Waals surface area contributed by atoms with Gasteiger partial charge in [-0.05, 0) is 46.0 Å². The molecule has 0 saturated carbocycles. The lowest BCUT2D eigenvalue weighted by molar-refractivity contribution is 0.0697. The Labute approximate surface area is 123 Å². The largest absolute Gasteiger partial charge is 0.478 e. The molecule has 1 N–H and O–H groups in total. The molecule has 3 aromatic rings. The van der Waals surface area contributed by atoms with Gasteiger partial charge in [-0.3, -0.25) is 0 Å². The number of benzene rings is 3. The van der Waals surface area contributed by atoms with E-state index < -0.39 is 5.97 Å².